The molecule has 0 aliphatic heterocycles. The van der Waals surface area contributed by atoms with Gasteiger partial charge >= 0.3 is 0 Å². The third kappa shape index (κ3) is 6.36. The van der Waals surface area contributed by atoms with Crippen LogP contribution in [0.25, 0.3) is 0 Å². The monoisotopic (exact) mass is 392 g/mol. The van der Waals surface area contributed by atoms with Gasteiger partial charge in [-0.1, -0.05) is 24.3 Å². The Bertz CT molecular complexity index is 882. The predicted octanol–water partition coefficient (Wildman–Crippen LogP) is 3.56. The molecular weight excluding hydrogens is 367 g/mol. The molecule has 1 N–H and O–H groups in total. The molecule has 1 amide bonds. The van der Waals surface area contributed by atoms with Crippen molar-refractivity contribution in [3.63, 3.8) is 0 Å². The maximum Gasteiger partial charge on any atom is 0.232 e. The van der Waals surface area contributed by atoms with Gasteiger partial charge in [0.1, 0.15) is 5.82 Å². The first-order valence-electron chi connectivity index (χ1n) is 8.76. The van der Waals surface area contributed by atoms with Crippen molar-refractivity contribution in [2.45, 2.75) is 32.7 Å². The van der Waals surface area contributed by atoms with Crippen molar-refractivity contribution in [3.05, 3.63) is 65.5 Å². The van der Waals surface area contributed by atoms with Crippen LogP contribution in [0.3, 0.4) is 0 Å². The highest BCUT2D eigenvalue weighted by Gasteiger charge is 2.18. The van der Waals surface area contributed by atoms with Gasteiger partial charge in [0.15, 0.2) is 0 Å². The Labute approximate surface area is 160 Å². The smallest absolute Gasteiger partial charge is 0.232 e. The topological polar surface area (TPSA) is 66.5 Å². The maximum absolute atomic E-state index is 13.0. The number of nitrogens with zero attached hydrogens (tertiary/aromatic N) is 1. The molecule has 1 unspecified atom stereocenters. The number of aryl methyl sites for hydroxylation is 1. The van der Waals surface area contributed by atoms with Crippen LogP contribution in [0, 0.1) is 12.7 Å². The first kappa shape index (κ1) is 20.9. The molecule has 146 valence electrons. The SMILES string of the molecule is Cc1cccc(N(CCCC(=O)NC(C)c2ccc(F)cc2)S(C)(=O)=O)c1. The van der Waals surface area contributed by atoms with Crippen LogP contribution < -0.4 is 9.62 Å². The molecule has 0 spiro atoms. The number of halogens is 1. The number of nitrogens with one attached hydrogen (secondary N) is 1. The zero-order valence-electron chi connectivity index (χ0n) is 15.8. The van der Waals surface area contributed by atoms with Crippen molar-refractivity contribution >= 4 is 21.6 Å². The van der Waals surface area contributed by atoms with E-state index in [1.165, 1.54) is 16.4 Å². The van der Waals surface area contributed by atoms with Crippen LogP contribution in [0.1, 0.15) is 36.9 Å². The number of rotatable bonds is 8. The Morgan fingerprint density at radius 1 is 1.19 bits per heavy atom. The molecule has 7 heteroatoms. The van der Waals surface area contributed by atoms with Crippen molar-refractivity contribution < 1.29 is 17.6 Å². The van der Waals surface area contributed by atoms with Gasteiger partial charge in [0.25, 0.3) is 0 Å². The van der Waals surface area contributed by atoms with Crippen LogP contribution >= 0.6 is 0 Å². The largest absolute Gasteiger partial charge is 0.350 e. The number of benzene rings is 2. The summed E-state index contributed by atoms with van der Waals surface area (Å²) in [5, 5.41) is 2.85. The van der Waals surface area contributed by atoms with E-state index in [9.17, 15) is 17.6 Å². The summed E-state index contributed by atoms with van der Waals surface area (Å²) < 4.78 is 38.5. The molecule has 2 aromatic carbocycles. The van der Waals surface area contributed by atoms with Gasteiger partial charge in [0, 0.05) is 13.0 Å². The van der Waals surface area contributed by atoms with E-state index in [1.54, 1.807) is 30.3 Å². The summed E-state index contributed by atoms with van der Waals surface area (Å²) in [6.45, 7) is 3.94. The number of amides is 1. The Morgan fingerprint density at radius 3 is 2.44 bits per heavy atom. The lowest BCUT2D eigenvalue weighted by Gasteiger charge is -2.23. The normalized spacial score (nSPS) is 12.4. The molecule has 2 aromatic rings. The van der Waals surface area contributed by atoms with E-state index in [2.05, 4.69) is 5.32 Å². The van der Waals surface area contributed by atoms with Gasteiger partial charge in [-0.05, 0) is 55.7 Å². The number of carbonyl (C=O) groups is 1. The predicted molar refractivity (Wildman–Crippen MR) is 106 cm³/mol. The standard InChI is InChI=1S/C20H25FN2O3S/c1-15-6-4-7-19(14-15)23(27(3,25)26)13-5-8-20(24)22-16(2)17-9-11-18(21)12-10-17/h4,6-7,9-12,14,16H,5,8,13H2,1-3H3,(H,22,24). The van der Waals surface area contributed by atoms with Crippen molar-refractivity contribution in [3.8, 4) is 0 Å². The number of hydrogen-bond acceptors (Lipinski definition) is 3. The van der Waals surface area contributed by atoms with E-state index in [0.29, 0.717) is 12.1 Å². The third-order valence-electron chi connectivity index (χ3n) is 4.20. The maximum atomic E-state index is 13.0. The fraction of sp³-hybridized carbons (Fsp3) is 0.350. The van der Waals surface area contributed by atoms with Gasteiger partial charge < -0.3 is 5.32 Å². The van der Waals surface area contributed by atoms with E-state index in [-0.39, 0.29) is 30.7 Å². The first-order chi connectivity index (χ1) is 12.7. The average molecular weight is 392 g/mol. The van der Waals surface area contributed by atoms with Gasteiger partial charge in [-0.2, -0.15) is 0 Å². The molecule has 0 bridgehead atoms. The molecule has 0 heterocycles. The first-order valence-corrected chi connectivity index (χ1v) is 10.6. The fourth-order valence-electron chi connectivity index (χ4n) is 2.80. The molecule has 1 atom stereocenters. The van der Waals surface area contributed by atoms with Gasteiger partial charge in [0.05, 0.1) is 18.0 Å². The molecule has 27 heavy (non-hydrogen) atoms. The van der Waals surface area contributed by atoms with E-state index < -0.39 is 10.0 Å². The molecule has 2 rings (SSSR count). The lowest BCUT2D eigenvalue weighted by atomic mass is 10.1. The van der Waals surface area contributed by atoms with Crippen LogP contribution in [0.5, 0.6) is 0 Å². The molecule has 0 aliphatic carbocycles. The highest BCUT2D eigenvalue weighted by atomic mass is 32.2. The highest BCUT2D eigenvalue weighted by Crippen LogP contribution is 2.20. The van der Waals surface area contributed by atoms with Crippen LogP contribution in [-0.2, 0) is 14.8 Å². The van der Waals surface area contributed by atoms with Gasteiger partial charge in [-0.15, -0.1) is 0 Å². The Kier molecular flexibility index (Phi) is 6.96. The molecule has 0 saturated carbocycles. The average Bonchev–Trinajstić information content (AvgIpc) is 2.58. The van der Waals surface area contributed by atoms with Crippen LogP contribution in [0.15, 0.2) is 48.5 Å². The molecule has 5 nitrogen and oxygen atoms in total. The number of anilines is 1. The summed E-state index contributed by atoms with van der Waals surface area (Å²) in [6, 6.07) is 13.0. The zero-order valence-corrected chi connectivity index (χ0v) is 16.6. The van der Waals surface area contributed by atoms with Gasteiger partial charge in [-0.25, -0.2) is 12.8 Å². The molecular formula is C20H25FN2O3S. The second kappa shape index (κ2) is 8.99. The van der Waals surface area contributed by atoms with E-state index in [4.69, 9.17) is 0 Å². The summed E-state index contributed by atoms with van der Waals surface area (Å²) >= 11 is 0. The Hall–Kier alpha value is -2.41. The quantitative estimate of drug-likeness (QED) is 0.747. The summed E-state index contributed by atoms with van der Waals surface area (Å²) in [5.74, 6) is -0.501. The Morgan fingerprint density at radius 2 is 1.85 bits per heavy atom. The number of hydrogen-bond donors (Lipinski definition) is 1. The Balaban J connectivity index is 1.92. The lowest BCUT2D eigenvalue weighted by molar-refractivity contribution is -0.121. The third-order valence-corrected chi connectivity index (χ3v) is 5.40. The molecule has 0 aromatic heterocycles. The summed E-state index contributed by atoms with van der Waals surface area (Å²) in [6.07, 6.45) is 1.75. The molecule has 0 radical (unpaired) electrons. The fourth-order valence-corrected chi connectivity index (χ4v) is 3.76. The van der Waals surface area contributed by atoms with Crippen molar-refractivity contribution in [2.75, 3.05) is 17.1 Å². The second-order valence-corrected chi connectivity index (χ2v) is 8.53. The van der Waals surface area contributed by atoms with Gasteiger partial charge in [0.2, 0.25) is 15.9 Å². The van der Waals surface area contributed by atoms with Crippen LogP contribution in [0.4, 0.5) is 10.1 Å². The number of sulfonamides is 1. The van der Waals surface area contributed by atoms with Crippen molar-refractivity contribution in [1.29, 1.82) is 0 Å². The van der Waals surface area contributed by atoms with Crippen LogP contribution in [0.2, 0.25) is 0 Å². The van der Waals surface area contributed by atoms with Crippen molar-refractivity contribution in [1.82, 2.24) is 5.32 Å². The minimum Gasteiger partial charge on any atom is -0.350 e. The molecule has 0 aliphatic rings. The van der Waals surface area contributed by atoms with Crippen molar-refractivity contribution in [2.24, 2.45) is 0 Å². The van der Waals surface area contributed by atoms with E-state index in [1.807, 2.05) is 19.9 Å². The second-order valence-electron chi connectivity index (χ2n) is 6.62. The molecule has 0 saturated heterocycles. The minimum absolute atomic E-state index is 0.176. The summed E-state index contributed by atoms with van der Waals surface area (Å²) in [5.41, 5.74) is 2.37. The zero-order chi connectivity index (χ0) is 20.0. The number of carbonyl (C=O) groups excluding carboxylic acids is 1. The van der Waals surface area contributed by atoms with Gasteiger partial charge in [-0.3, -0.25) is 9.10 Å². The van der Waals surface area contributed by atoms with Crippen LogP contribution in [-0.4, -0.2) is 27.1 Å². The van der Waals surface area contributed by atoms with E-state index in [0.717, 1.165) is 17.4 Å². The summed E-state index contributed by atoms with van der Waals surface area (Å²) in [7, 11) is -3.44. The lowest BCUT2D eigenvalue weighted by Crippen LogP contribution is -2.32. The minimum atomic E-state index is -3.44. The highest BCUT2D eigenvalue weighted by molar-refractivity contribution is 7.92. The van der Waals surface area contributed by atoms with E-state index >= 15 is 0 Å². The summed E-state index contributed by atoms with van der Waals surface area (Å²) in [4.78, 5) is 12.2. The molecule has 0 fully saturated rings.